The minimum absolute atomic E-state index is 0.0504. The summed E-state index contributed by atoms with van der Waals surface area (Å²) in [5, 5.41) is 10.7. The Labute approximate surface area is 130 Å². The maximum atomic E-state index is 11.3. The van der Waals surface area contributed by atoms with E-state index in [0.717, 1.165) is 21.1 Å². The van der Waals surface area contributed by atoms with Gasteiger partial charge in [0.2, 0.25) is 0 Å². The van der Waals surface area contributed by atoms with Crippen LogP contribution in [0.5, 0.6) is 0 Å². The van der Waals surface area contributed by atoms with Crippen LogP contribution in [0.1, 0.15) is 30.1 Å². The van der Waals surface area contributed by atoms with Crippen LogP contribution in [0, 0.1) is 0 Å². The molecule has 3 rings (SSSR count). The molecule has 0 saturated carbocycles. The lowest BCUT2D eigenvalue weighted by atomic mass is 9.91. The van der Waals surface area contributed by atoms with Crippen LogP contribution in [0.15, 0.2) is 51.7 Å². The largest absolute Gasteiger partial charge is 0.388 e. The smallest absolute Gasteiger partial charge is 0.323 e. The Balaban J connectivity index is 2.02. The Morgan fingerprint density at radius 3 is 2.38 bits per heavy atom. The third kappa shape index (κ3) is 2.66. The molecular formula is C16H15BrN2O2. The van der Waals surface area contributed by atoms with Gasteiger partial charge in [0.15, 0.2) is 0 Å². The van der Waals surface area contributed by atoms with Crippen LogP contribution in [-0.2, 0) is 0 Å². The van der Waals surface area contributed by atoms with Gasteiger partial charge < -0.3 is 15.1 Å². The number of imidazole rings is 1. The molecule has 1 heterocycles. The van der Waals surface area contributed by atoms with E-state index < -0.39 is 6.10 Å². The van der Waals surface area contributed by atoms with Crippen LogP contribution in [0.25, 0.3) is 11.0 Å². The summed E-state index contributed by atoms with van der Waals surface area (Å²) >= 11 is 3.47. The van der Waals surface area contributed by atoms with Gasteiger partial charge in [-0.1, -0.05) is 53.2 Å². The molecule has 4 nitrogen and oxygen atoms in total. The first-order chi connectivity index (χ1) is 10.1. The average Bonchev–Trinajstić information content (AvgIpc) is 2.85. The number of aromatic nitrogens is 2. The maximum absolute atomic E-state index is 11.3. The molecule has 0 aliphatic carbocycles. The van der Waals surface area contributed by atoms with E-state index in [0.29, 0.717) is 5.52 Å². The van der Waals surface area contributed by atoms with Crippen molar-refractivity contribution in [3.05, 3.63) is 68.5 Å². The van der Waals surface area contributed by atoms with E-state index in [1.54, 1.807) is 6.07 Å². The van der Waals surface area contributed by atoms with Gasteiger partial charge in [-0.25, -0.2) is 4.79 Å². The summed E-state index contributed by atoms with van der Waals surface area (Å²) in [7, 11) is 0. The second-order valence-corrected chi connectivity index (χ2v) is 6.00. The van der Waals surface area contributed by atoms with Crippen molar-refractivity contribution in [1.29, 1.82) is 0 Å². The van der Waals surface area contributed by atoms with Crippen molar-refractivity contribution in [3.8, 4) is 0 Å². The van der Waals surface area contributed by atoms with E-state index >= 15 is 0 Å². The zero-order valence-corrected chi connectivity index (χ0v) is 13.0. The van der Waals surface area contributed by atoms with Gasteiger partial charge in [0.05, 0.1) is 17.1 Å². The number of hydrogen-bond acceptors (Lipinski definition) is 2. The molecule has 0 spiro atoms. The van der Waals surface area contributed by atoms with Crippen molar-refractivity contribution in [2.24, 2.45) is 0 Å². The van der Waals surface area contributed by atoms with Gasteiger partial charge in [0.1, 0.15) is 0 Å². The number of halogens is 1. The number of rotatable bonds is 3. The summed E-state index contributed by atoms with van der Waals surface area (Å²) in [6.07, 6.45) is -0.662. The topological polar surface area (TPSA) is 68.9 Å². The average molecular weight is 347 g/mol. The number of nitrogens with one attached hydrogen (secondary N) is 2. The Bertz CT molecular complexity index is 823. The number of aliphatic hydroxyl groups excluding tert-OH is 1. The molecule has 5 heteroatoms. The van der Waals surface area contributed by atoms with Gasteiger partial charge >= 0.3 is 5.69 Å². The van der Waals surface area contributed by atoms with E-state index in [9.17, 15) is 9.90 Å². The molecule has 0 saturated heterocycles. The molecule has 0 radical (unpaired) electrons. The summed E-state index contributed by atoms with van der Waals surface area (Å²) in [6, 6.07) is 13.5. The fraction of sp³-hybridized carbons (Fsp3) is 0.188. The summed E-state index contributed by atoms with van der Waals surface area (Å²) in [4.78, 5) is 16.8. The normalized spacial score (nSPS) is 14.2. The molecule has 108 valence electrons. The quantitative estimate of drug-likeness (QED) is 0.679. The highest BCUT2D eigenvalue weighted by Gasteiger charge is 2.21. The molecule has 0 aliphatic heterocycles. The molecule has 0 amide bonds. The monoisotopic (exact) mass is 346 g/mol. The van der Waals surface area contributed by atoms with E-state index in [1.807, 2.05) is 43.3 Å². The number of aromatic amines is 2. The molecular weight excluding hydrogens is 332 g/mol. The van der Waals surface area contributed by atoms with E-state index in [2.05, 4.69) is 25.9 Å². The standard InChI is InChI=1S/C16H15BrN2O2/c1-9(10-5-3-2-4-6-10)15(20)11-7-13-14(8-12(11)17)19-16(21)18-13/h2-9,15,20H,1H3,(H2,18,19,21). The Morgan fingerprint density at radius 1 is 1.10 bits per heavy atom. The first-order valence-electron chi connectivity index (χ1n) is 6.70. The molecule has 0 aliphatic rings. The molecule has 21 heavy (non-hydrogen) atoms. The van der Waals surface area contributed by atoms with Crippen molar-refractivity contribution >= 4 is 27.0 Å². The zero-order valence-electron chi connectivity index (χ0n) is 11.4. The van der Waals surface area contributed by atoms with Crippen LogP contribution < -0.4 is 5.69 Å². The van der Waals surface area contributed by atoms with Crippen LogP contribution in [0.3, 0.4) is 0 Å². The second kappa shape index (κ2) is 5.50. The summed E-state index contributed by atoms with van der Waals surface area (Å²) in [5.74, 6) is -0.0504. The Hall–Kier alpha value is -1.85. The van der Waals surface area contributed by atoms with Gasteiger partial charge in [-0.15, -0.1) is 0 Å². The van der Waals surface area contributed by atoms with Crippen molar-refractivity contribution in [3.63, 3.8) is 0 Å². The molecule has 2 unspecified atom stereocenters. The number of benzene rings is 2. The fourth-order valence-corrected chi connectivity index (χ4v) is 3.09. The van der Waals surface area contributed by atoms with Gasteiger partial charge in [-0.05, 0) is 23.3 Å². The highest BCUT2D eigenvalue weighted by atomic mass is 79.9. The summed E-state index contributed by atoms with van der Waals surface area (Å²) in [5.41, 5.74) is 2.99. The summed E-state index contributed by atoms with van der Waals surface area (Å²) in [6.45, 7) is 1.98. The first kappa shape index (κ1) is 14.1. The van der Waals surface area contributed by atoms with Crippen LogP contribution in [-0.4, -0.2) is 15.1 Å². The lowest BCUT2D eigenvalue weighted by Crippen LogP contribution is -2.08. The van der Waals surface area contributed by atoms with Gasteiger partial charge in [-0.3, -0.25) is 0 Å². The highest BCUT2D eigenvalue weighted by molar-refractivity contribution is 9.10. The lowest BCUT2D eigenvalue weighted by Gasteiger charge is -2.21. The molecule has 2 aromatic carbocycles. The maximum Gasteiger partial charge on any atom is 0.323 e. The number of H-pyrrole nitrogens is 2. The van der Waals surface area contributed by atoms with Crippen LogP contribution in [0.2, 0.25) is 0 Å². The van der Waals surface area contributed by atoms with E-state index in [4.69, 9.17) is 0 Å². The number of aliphatic hydroxyl groups is 1. The third-order valence-electron chi connectivity index (χ3n) is 3.75. The van der Waals surface area contributed by atoms with Crippen LogP contribution in [0.4, 0.5) is 0 Å². The van der Waals surface area contributed by atoms with Crippen molar-refractivity contribution < 1.29 is 5.11 Å². The van der Waals surface area contributed by atoms with Crippen LogP contribution >= 0.6 is 15.9 Å². The SMILES string of the molecule is CC(c1ccccc1)C(O)c1cc2[nH]c(=O)[nH]c2cc1Br. The second-order valence-electron chi connectivity index (χ2n) is 5.14. The molecule has 1 aromatic heterocycles. The van der Waals surface area contributed by atoms with E-state index in [-0.39, 0.29) is 11.6 Å². The molecule has 3 aromatic rings. The highest BCUT2D eigenvalue weighted by Crippen LogP contribution is 2.35. The van der Waals surface area contributed by atoms with Crippen molar-refractivity contribution in [1.82, 2.24) is 9.97 Å². The third-order valence-corrected chi connectivity index (χ3v) is 4.44. The zero-order chi connectivity index (χ0) is 15.0. The van der Waals surface area contributed by atoms with Crippen molar-refractivity contribution in [2.75, 3.05) is 0 Å². The van der Waals surface area contributed by atoms with E-state index in [1.165, 1.54) is 0 Å². The number of hydrogen-bond donors (Lipinski definition) is 3. The van der Waals surface area contributed by atoms with Gasteiger partial charge in [0.25, 0.3) is 0 Å². The first-order valence-corrected chi connectivity index (χ1v) is 7.50. The minimum atomic E-state index is -0.662. The molecule has 2 atom stereocenters. The summed E-state index contributed by atoms with van der Waals surface area (Å²) < 4.78 is 0.778. The predicted molar refractivity (Wildman–Crippen MR) is 86.4 cm³/mol. The Kier molecular flexibility index (Phi) is 3.69. The predicted octanol–water partition coefficient (Wildman–Crippen LogP) is 3.46. The van der Waals surface area contributed by atoms with Gasteiger partial charge in [-0.2, -0.15) is 0 Å². The van der Waals surface area contributed by atoms with Crippen molar-refractivity contribution in [2.45, 2.75) is 18.9 Å². The minimum Gasteiger partial charge on any atom is -0.388 e. The Morgan fingerprint density at radius 2 is 1.71 bits per heavy atom. The lowest BCUT2D eigenvalue weighted by molar-refractivity contribution is 0.151. The molecule has 3 N–H and O–H groups in total. The molecule has 0 fully saturated rings. The van der Waals surface area contributed by atoms with Gasteiger partial charge in [0, 0.05) is 10.4 Å². The number of fused-ring (bicyclic) bond motifs is 1. The molecule has 0 bridgehead atoms. The fourth-order valence-electron chi connectivity index (χ4n) is 2.51.